The van der Waals surface area contributed by atoms with E-state index in [1.165, 1.54) is 32.1 Å². The van der Waals surface area contributed by atoms with Gasteiger partial charge in [0, 0.05) is 23.9 Å². The fourth-order valence-corrected chi connectivity index (χ4v) is 2.72. The molecule has 0 unspecified atom stereocenters. The van der Waals surface area contributed by atoms with Gasteiger partial charge in [0.05, 0.1) is 4.92 Å². The molecule has 1 saturated carbocycles. The highest BCUT2D eigenvalue weighted by Gasteiger charge is 2.15. The molecule has 0 heterocycles. The fraction of sp³-hybridized carbons (Fsp3) is 0.571. The third-order valence-electron chi connectivity index (χ3n) is 3.84. The van der Waals surface area contributed by atoms with Crippen molar-refractivity contribution in [3.8, 4) is 0 Å². The molecule has 1 aliphatic rings. The molecule has 1 fully saturated rings. The maximum absolute atomic E-state index is 10.8. The standard InChI is InChI=1S/C14H20N2O2/c1-11-13(7-4-8-14(11)16(17)18)15-10-9-12-5-2-3-6-12/h4,7-8,12,15H,2-3,5-6,9-10H2,1H3. The van der Waals surface area contributed by atoms with Crippen LogP contribution in [0.4, 0.5) is 11.4 Å². The predicted octanol–water partition coefficient (Wildman–Crippen LogP) is 3.90. The Morgan fingerprint density at radius 2 is 2.11 bits per heavy atom. The van der Waals surface area contributed by atoms with E-state index >= 15 is 0 Å². The second kappa shape index (κ2) is 5.85. The first kappa shape index (κ1) is 12.9. The average Bonchev–Trinajstić information content (AvgIpc) is 2.84. The van der Waals surface area contributed by atoms with Crippen LogP contribution in [0.25, 0.3) is 0 Å². The summed E-state index contributed by atoms with van der Waals surface area (Å²) in [6.45, 7) is 2.71. The molecule has 2 rings (SSSR count). The van der Waals surface area contributed by atoms with Crippen LogP contribution >= 0.6 is 0 Å². The van der Waals surface area contributed by atoms with Gasteiger partial charge in [0.1, 0.15) is 0 Å². The van der Waals surface area contributed by atoms with E-state index in [-0.39, 0.29) is 10.6 Å². The van der Waals surface area contributed by atoms with Crippen molar-refractivity contribution in [1.29, 1.82) is 0 Å². The van der Waals surface area contributed by atoms with Gasteiger partial charge in [-0.2, -0.15) is 0 Å². The Morgan fingerprint density at radius 3 is 2.78 bits per heavy atom. The van der Waals surface area contributed by atoms with Crippen molar-refractivity contribution in [2.75, 3.05) is 11.9 Å². The summed E-state index contributed by atoms with van der Waals surface area (Å²) >= 11 is 0. The second-order valence-electron chi connectivity index (χ2n) is 5.07. The van der Waals surface area contributed by atoms with E-state index in [1.807, 2.05) is 6.07 Å². The van der Waals surface area contributed by atoms with Crippen LogP contribution in [0, 0.1) is 23.0 Å². The topological polar surface area (TPSA) is 55.2 Å². The number of hydrogen-bond donors (Lipinski definition) is 1. The number of nitrogens with zero attached hydrogens (tertiary/aromatic N) is 1. The maximum atomic E-state index is 10.8. The van der Waals surface area contributed by atoms with Crippen molar-refractivity contribution >= 4 is 11.4 Å². The van der Waals surface area contributed by atoms with E-state index in [0.29, 0.717) is 0 Å². The zero-order valence-electron chi connectivity index (χ0n) is 10.8. The monoisotopic (exact) mass is 248 g/mol. The summed E-state index contributed by atoms with van der Waals surface area (Å²) in [7, 11) is 0. The molecule has 18 heavy (non-hydrogen) atoms. The first-order chi connectivity index (χ1) is 8.68. The Balaban J connectivity index is 1.92. The SMILES string of the molecule is Cc1c(NCCC2CCCC2)cccc1[N+](=O)[O-]. The summed E-state index contributed by atoms with van der Waals surface area (Å²) in [5.74, 6) is 0.844. The summed E-state index contributed by atoms with van der Waals surface area (Å²) in [5, 5.41) is 14.2. The normalized spacial score (nSPS) is 15.8. The summed E-state index contributed by atoms with van der Waals surface area (Å²) in [5.41, 5.74) is 1.82. The Bertz CT molecular complexity index is 426. The minimum Gasteiger partial charge on any atom is -0.385 e. The Morgan fingerprint density at radius 1 is 1.39 bits per heavy atom. The molecule has 1 aromatic rings. The Hall–Kier alpha value is -1.58. The molecule has 0 saturated heterocycles. The van der Waals surface area contributed by atoms with E-state index in [2.05, 4.69) is 5.32 Å². The van der Waals surface area contributed by atoms with E-state index < -0.39 is 0 Å². The second-order valence-corrected chi connectivity index (χ2v) is 5.07. The van der Waals surface area contributed by atoms with Crippen LogP contribution in [0.15, 0.2) is 18.2 Å². The van der Waals surface area contributed by atoms with Gasteiger partial charge in [0.2, 0.25) is 0 Å². The summed E-state index contributed by atoms with van der Waals surface area (Å²) in [6, 6.07) is 5.21. The molecule has 0 radical (unpaired) electrons. The molecule has 1 aliphatic carbocycles. The lowest BCUT2D eigenvalue weighted by Gasteiger charge is -2.12. The zero-order valence-corrected chi connectivity index (χ0v) is 10.8. The molecule has 4 nitrogen and oxygen atoms in total. The van der Waals surface area contributed by atoms with Gasteiger partial charge in [0.25, 0.3) is 5.69 Å². The molecule has 0 amide bonds. The third kappa shape index (κ3) is 3.00. The van der Waals surface area contributed by atoms with Gasteiger partial charge in [-0.1, -0.05) is 31.7 Å². The van der Waals surface area contributed by atoms with Crippen LogP contribution in [0.3, 0.4) is 0 Å². The molecular weight excluding hydrogens is 228 g/mol. The molecule has 0 aromatic heterocycles. The van der Waals surface area contributed by atoms with E-state index in [4.69, 9.17) is 0 Å². The molecule has 4 heteroatoms. The average molecular weight is 248 g/mol. The molecule has 1 aromatic carbocycles. The van der Waals surface area contributed by atoms with Crippen molar-refractivity contribution in [1.82, 2.24) is 0 Å². The van der Waals surface area contributed by atoms with Crippen LogP contribution in [-0.4, -0.2) is 11.5 Å². The van der Waals surface area contributed by atoms with Crippen molar-refractivity contribution in [2.45, 2.75) is 39.0 Å². The number of nitro benzene ring substituents is 1. The number of anilines is 1. The molecule has 0 bridgehead atoms. The van der Waals surface area contributed by atoms with Gasteiger partial charge in [-0.05, 0) is 25.3 Å². The highest BCUT2D eigenvalue weighted by Crippen LogP contribution is 2.28. The van der Waals surface area contributed by atoms with Gasteiger partial charge in [-0.15, -0.1) is 0 Å². The van der Waals surface area contributed by atoms with Gasteiger partial charge in [-0.3, -0.25) is 10.1 Å². The minimum atomic E-state index is -0.322. The van der Waals surface area contributed by atoms with Crippen molar-refractivity contribution < 1.29 is 4.92 Å². The molecule has 0 spiro atoms. The lowest BCUT2D eigenvalue weighted by molar-refractivity contribution is -0.385. The minimum absolute atomic E-state index is 0.195. The predicted molar refractivity (Wildman–Crippen MR) is 72.9 cm³/mol. The largest absolute Gasteiger partial charge is 0.385 e. The van der Waals surface area contributed by atoms with Gasteiger partial charge in [0.15, 0.2) is 0 Å². The zero-order chi connectivity index (χ0) is 13.0. The lowest BCUT2D eigenvalue weighted by Crippen LogP contribution is -2.08. The Labute approximate surface area is 108 Å². The van der Waals surface area contributed by atoms with Crippen molar-refractivity contribution in [3.05, 3.63) is 33.9 Å². The summed E-state index contributed by atoms with van der Waals surface area (Å²) in [4.78, 5) is 10.5. The van der Waals surface area contributed by atoms with Gasteiger partial charge < -0.3 is 5.32 Å². The lowest BCUT2D eigenvalue weighted by atomic mass is 10.0. The third-order valence-corrected chi connectivity index (χ3v) is 3.84. The van der Waals surface area contributed by atoms with Crippen LogP contribution in [0.1, 0.15) is 37.7 Å². The highest BCUT2D eigenvalue weighted by atomic mass is 16.6. The highest BCUT2D eigenvalue weighted by molar-refractivity contribution is 5.59. The number of benzene rings is 1. The quantitative estimate of drug-likeness (QED) is 0.635. The number of hydrogen-bond acceptors (Lipinski definition) is 3. The van der Waals surface area contributed by atoms with Crippen LogP contribution < -0.4 is 5.32 Å². The van der Waals surface area contributed by atoms with E-state index in [1.54, 1.807) is 19.1 Å². The first-order valence-electron chi connectivity index (χ1n) is 6.66. The maximum Gasteiger partial charge on any atom is 0.274 e. The molecular formula is C14H20N2O2. The fourth-order valence-electron chi connectivity index (χ4n) is 2.72. The van der Waals surface area contributed by atoms with Crippen molar-refractivity contribution in [3.63, 3.8) is 0 Å². The summed E-state index contributed by atoms with van der Waals surface area (Å²) in [6.07, 6.45) is 6.58. The number of nitrogens with one attached hydrogen (secondary N) is 1. The van der Waals surface area contributed by atoms with Gasteiger partial charge >= 0.3 is 0 Å². The Kier molecular flexibility index (Phi) is 4.18. The molecule has 0 aliphatic heterocycles. The van der Waals surface area contributed by atoms with Crippen LogP contribution in [0.2, 0.25) is 0 Å². The molecule has 98 valence electrons. The van der Waals surface area contributed by atoms with Gasteiger partial charge in [-0.25, -0.2) is 0 Å². The number of nitro groups is 1. The van der Waals surface area contributed by atoms with Crippen molar-refractivity contribution in [2.24, 2.45) is 5.92 Å². The smallest absolute Gasteiger partial charge is 0.274 e. The molecule has 1 N–H and O–H groups in total. The van der Waals surface area contributed by atoms with Crippen LogP contribution in [-0.2, 0) is 0 Å². The molecule has 0 atom stereocenters. The number of rotatable bonds is 5. The van der Waals surface area contributed by atoms with E-state index in [0.717, 1.165) is 23.7 Å². The summed E-state index contributed by atoms with van der Waals surface area (Å²) < 4.78 is 0. The van der Waals surface area contributed by atoms with E-state index in [9.17, 15) is 10.1 Å². The van der Waals surface area contributed by atoms with Crippen LogP contribution in [0.5, 0.6) is 0 Å². The first-order valence-corrected chi connectivity index (χ1v) is 6.66.